The molecule has 1 aliphatic rings. The predicted octanol–water partition coefficient (Wildman–Crippen LogP) is 2.91. The lowest BCUT2D eigenvalue weighted by atomic mass is 9.90. The smallest absolute Gasteiger partial charge is 0.252 e. The number of piperazine rings is 1. The number of carbonyl (C=O) groups excluding carboxylic acids is 2. The van der Waals surface area contributed by atoms with Gasteiger partial charge in [-0.15, -0.1) is 0 Å². The maximum Gasteiger partial charge on any atom is 0.252 e. The first kappa shape index (κ1) is 15.8. The number of halogens is 1. The molecule has 1 aromatic rings. The van der Waals surface area contributed by atoms with Crippen molar-refractivity contribution in [1.29, 1.82) is 0 Å². The van der Waals surface area contributed by atoms with E-state index in [9.17, 15) is 9.59 Å². The SMILES string of the molecule is Cc1c(Cl)cccc1N1C(=O)C(C)(C)NC(=O)C1C(C)C. The molecule has 1 saturated heterocycles. The van der Waals surface area contributed by atoms with Crippen LogP contribution in [0.2, 0.25) is 5.02 Å². The third kappa shape index (κ3) is 2.64. The summed E-state index contributed by atoms with van der Waals surface area (Å²) in [6.45, 7) is 9.17. The van der Waals surface area contributed by atoms with E-state index in [4.69, 9.17) is 11.6 Å². The lowest BCUT2D eigenvalue weighted by molar-refractivity contribution is -0.138. The zero-order valence-corrected chi connectivity index (χ0v) is 13.8. The number of benzene rings is 1. The molecule has 1 aliphatic heterocycles. The molecule has 1 N–H and O–H groups in total. The Morgan fingerprint density at radius 1 is 1.29 bits per heavy atom. The van der Waals surface area contributed by atoms with Crippen molar-refractivity contribution in [3.63, 3.8) is 0 Å². The minimum Gasteiger partial charge on any atom is -0.340 e. The highest BCUT2D eigenvalue weighted by atomic mass is 35.5. The van der Waals surface area contributed by atoms with Gasteiger partial charge < -0.3 is 5.32 Å². The van der Waals surface area contributed by atoms with Crippen LogP contribution in [0.1, 0.15) is 33.3 Å². The second-order valence-corrected chi connectivity index (χ2v) is 6.77. The van der Waals surface area contributed by atoms with Crippen molar-refractivity contribution in [2.75, 3.05) is 4.90 Å². The highest BCUT2D eigenvalue weighted by Gasteiger charge is 2.47. The Balaban J connectivity index is 2.61. The van der Waals surface area contributed by atoms with Crippen molar-refractivity contribution in [2.45, 2.75) is 46.2 Å². The van der Waals surface area contributed by atoms with Crippen LogP contribution in [0.4, 0.5) is 5.69 Å². The molecule has 5 heteroatoms. The lowest BCUT2D eigenvalue weighted by Gasteiger charge is -2.44. The second-order valence-electron chi connectivity index (χ2n) is 6.36. The summed E-state index contributed by atoms with van der Waals surface area (Å²) in [5.41, 5.74) is 0.592. The molecule has 114 valence electrons. The summed E-state index contributed by atoms with van der Waals surface area (Å²) >= 11 is 6.18. The first-order valence-electron chi connectivity index (χ1n) is 7.07. The predicted molar refractivity (Wildman–Crippen MR) is 84.5 cm³/mol. The molecule has 1 fully saturated rings. The fraction of sp³-hybridized carbons (Fsp3) is 0.500. The molecule has 2 rings (SSSR count). The van der Waals surface area contributed by atoms with Crippen LogP contribution in [0.15, 0.2) is 18.2 Å². The van der Waals surface area contributed by atoms with E-state index in [2.05, 4.69) is 5.32 Å². The lowest BCUT2D eigenvalue weighted by Crippen LogP contribution is -2.69. The van der Waals surface area contributed by atoms with Gasteiger partial charge in [0.05, 0.1) is 0 Å². The van der Waals surface area contributed by atoms with Crippen LogP contribution in [0, 0.1) is 12.8 Å². The van der Waals surface area contributed by atoms with Crippen molar-refractivity contribution in [3.05, 3.63) is 28.8 Å². The van der Waals surface area contributed by atoms with Gasteiger partial charge in [0.25, 0.3) is 5.91 Å². The third-order valence-electron chi connectivity index (χ3n) is 3.87. The van der Waals surface area contributed by atoms with E-state index in [1.165, 1.54) is 0 Å². The van der Waals surface area contributed by atoms with Crippen LogP contribution in [-0.2, 0) is 9.59 Å². The molecule has 21 heavy (non-hydrogen) atoms. The molecule has 1 atom stereocenters. The van der Waals surface area contributed by atoms with E-state index in [-0.39, 0.29) is 17.7 Å². The number of anilines is 1. The largest absolute Gasteiger partial charge is 0.340 e. The number of nitrogens with one attached hydrogen (secondary N) is 1. The van der Waals surface area contributed by atoms with Crippen LogP contribution in [0.3, 0.4) is 0 Å². The summed E-state index contributed by atoms with van der Waals surface area (Å²) in [5, 5.41) is 3.40. The van der Waals surface area contributed by atoms with Gasteiger partial charge in [0.1, 0.15) is 11.6 Å². The third-order valence-corrected chi connectivity index (χ3v) is 4.28. The molecule has 0 spiro atoms. The van der Waals surface area contributed by atoms with Gasteiger partial charge in [-0.3, -0.25) is 14.5 Å². The Kier molecular flexibility index (Phi) is 4.02. The molecule has 0 saturated carbocycles. The Hall–Kier alpha value is -1.55. The fourth-order valence-electron chi connectivity index (χ4n) is 2.70. The van der Waals surface area contributed by atoms with Gasteiger partial charge in [-0.2, -0.15) is 0 Å². The Bertz CT molecular complexity index is 596. The summed E-state index contributed by atoms with van der Waals surface area (Å²) in [6, 6.07) is 4.89. The molecule has 2 amide bonds. The molecular weight excluding hydrogens is 288 g/mol. The van der Waals surface area contributed by atoms with Crippen LogP contribution >= 0.6 is 11.6 Å². The number of amides is 2. The quantitative estimate of drug-likeness (QED) is 0.913. The van der Waals surface area contributed by atoms with E-state index >= 15 is 0 Å². The molecule has 1 unspecified atom stereocenters. The standard InChI is InChI=1S/C16H21ClN2O2/c1-9(2)13-14(20)18-16(4,5)15(21)19(13)12-8-6-7-11(17)10(12)3/h6-9,13H,1-5H3,(H,18,20). The topological polar surface area (TPSA) is 49.4 Å². The van der Waals surface area contributed by atoms with Crippen molar-refractivity contribution < 1.29 is 9.59 Å². The van der Waals surface area contributed by atoms with E-state index in [0.29, 0.717) is 10.7 Å². The van der Waals surface area contributed by atoms with Crippen LogP contribution < -0.4 is 10.2 Å². The molecular formula is C16H21ClN2O2. The van der Waals surface area contributed by atoms with E-state index in [1.54, 1.807) is 30.9 Å². The average molecular weight is 309 g/mol. The summed E-state index contributed by atoms with van der Waals surface area (Å²) < 4.78 is 0. The molecule has 0 radical (unpaired) electrons. The van der Waals surface area contributed by atoms with Crippen LogP contribution in [0.5, 0.6) is 0 Å². The molecule has 4 nitrogen and oxygen atoms in total. The van der Waals surface area contributed by atoms with Gasteiger partial charge >= 0.3 is 0 Å². The zero-order valence-electron chi connectivity index (χ0n) is 13.0. The Morgan fingerprint density at radius 2 is 1.90 bits per heavy atom. The normalized spacial score (nSPS) is 21.7. The van der Waals surface area contributed by atoms with Gasteiger partial charge in [-0.1, -0.05) is 31.5 Å². The monoisotopic (exact) mass is 308 g/mol. The number of nitrogens with zero attached hydrogens (tertiary/aromatic N) is 1. The first-order valence-corrected chi connectivity index (χ1v) is 7.45. The van der Waals surface area contributed by atoms with Crippen molar-refractivity contribution in [3.8, 4) is 0 Å². The molecule has 1 heterocycles. The fourth-order valence-corrected chi connectivity index (χ4v) is 2.87. The second kappa shape index (κ2) is 5.34. The minimum absolute atomic E-state index is 0.00318. The molecule has 0 aromatic heterocycles. The number of carbonyl (C=O) groups is 2. The van der Waals surface area contributed by atoms with Gasteiger partial charge in [-0.05, 0) is 44.4 Å². The van der Waals surface area contributed by atoms with Crippen molar-refractivity contribution in [1.82, 2.24) is 5.32 Å². The number of hydrogen-bond acceptors (Lipinski definition) is 2. The maximum atomic E-state index is 12.8. The van der Waals surface area contributed by atoms with E-state index in [1.807, 2.05) is 26.8 Å². The summed E-state index contributed by atoms with van der Waals surface area (Å²) in [5.74, 6) is -0.247. The van der Waals surface area contributed by atoms with Crippen molar-refractivity contribution >= 4 is 29.1 Å². The van der Waals surface area contributed by atoms with Crippen LogP contribution in [0.25, 0.3) is 0 Å². The maximum absolute atomic E-state index is 12.8. The first-order chi connectivity index (χ1) is 9.66. The summed E-state index contributed by atoms with van der Waals surface area (Å²) in [6.07, 6.45) is 0. The van der Waals surface area contributed by atoms with E-state index in [0.717, 1.165) is 5.56 Å². The van der Waals surface area contributed by atoms with Gasteiger partial charge in [-0.25, -0.2) is 0 Å². The highest BCUT2D eigenvalue weighted by molar-refractivity contribution is 6.32. The van der Waals surface area contributed by atoms with E-state index < -0.39 is 11.6 Å². The van der Waals surface area contributed by atoms with Gasteiger partial charge in [0.15, 0.2) is 0 Å². The summed E-state index contributed by atoms with van der Waals surface area (Å²) in [4.78, 5) is 26.9. The number of rotatable bonds is 2. The van der Waals surface area contributed by atoms with Crippen LogP contribution in [-0.4, -0.2) is 23.4 Å². The van der Waals surface area contributed by atoms with Gasteiger partial charge in [0, 0.05) is 10.7 Å². The minimum atomic E-state index is -0.919. The summed E-state index contributed by atoms with van der Waals surface area (Å²) in [7, 11) is 0. The zero-order chi connectivity index (χ0) is 15.9. The highest BCUT2D eigenvalue weighted by Crippen LogP contribution is 2.33. The average Bonchev–Trinajstić information content (AvgIpc) is 2.36. The van der Waals surface area contributed by atoms with Gasteiger partial charge in [0.2, 0.25) is 5.91 Å². The molecule has 1 aromatic carbocycles. The Labute approximate surface area is 130 Å². The molecule has 0 aliphatic carbocycles. The van der Waals surface area contributed by atoms with Crippen molar-refractivity contribution in [2.24, 2.45) is 5.92 Å². The molecule has 0 bridgehead atoms. The Morgan fingerprint density at radius 3 is 2.48 bits per heavy atom. The number of hydrogen-bond donors (Lipinski definition) is 1.